The normalized spacial score (nSPS) is 23.2. The highest BCUT2D eigenvalue weighted by molar-refractivity contribution is 5.79. The molecule has 1 saturated heterocycles. The van der Waals surface area contributed by atoms with Crippen molar-refractivity contribution in [1.29, 1.82) is 0 Å². The highest BCUT2D eigenvalue weighted by atomic mass is 19.3. The van der Waals surface area contributed by atoms with Gasteiger partial charge >= 0.3 is 5.97 Å². The van der Waals surface area contributed by atoms with E-state index in [0.717, 1.165) is 0 Å². The molecular formula is C15H17F2NO3. The first kappa shape index (κ1) is 15.4. The van der Waals surface area contributed by atoms with Crippen LogP contribution in [0, 0.1) is 5.92 Å². The van der Waals surface area contributed by atoms with Gasteiger partial charge in [-0.05, 0) is 18.4 Å². The van der Waals surface area contributed by atoms with Crippen LogP contribution in [0.25, 0.3) is 0 Å². The topological polar surface area (TPSA) is 57.6 Å². The molecule has 0 saturated carbocycles. The van der Waals surface area contributed by atoms with Crippen molar-refractivity contribution in [3.8, 4) is 0 Å². The number of rotatable bonds is 3. The molecule has 1 amide bonds. The number of hydrogen-bond acceptors (Lipinski definition) is 2. The second kappa shape index (κ2) is 6.20. The van der Waals surface area contributed by atoms with Crippen LogP contribution in [0.3, 0.4) is 0 Å². The minimum Gasteiger partial charge on any atom is -0.481 e. The van der Waals surface area contributed by atoms with Gasteiger partial charge in [-0.25, -0.2) is 8.78 Å². The first-order chi connectivity index (χ1) is 9.91. The van der Waals surface area contributed by atoms with Gasteiger partial charge in [0, 0.05) is 19.0 Å². The molecule has 1 fully saturated rings. The minimum atomic E-state index is -2.57. The summed E-state index contributed by atoms with van der Waals surface area (Å²) in [7, 11) is 1.56. The van der Waals surface area contributed by atoms with Crippen molar-refractivity contribution in [3.63, 3.8) is 0 Å². The quantitative estimate of drug-likeness (QED) is 0.933. The molecule has 4 nitrogen and oxygen atoms in total. The summed E-state index contributed by atoms with van der Waals surface area (Å²) in [5.41, 5.74) is 0.456. The van der Waals surface area contributed by atoms with Crippen molar-refractivity contribution in [2.75, 3.05) is 7.05 Å². The average molecular weight is 297 g/mol. The molecule has 1 aliphatic rings. The van der Waals surface area contributed by atoms with E-state index in [-0.39, 0.29) is 11.5 Å². The molecule has 2 unspecified atom stereocenters. The number of aliphatic carboxylic acids is 1. The van der Waals surface area contributed by atoms with Gasteiger partial charge in [0.15, 0.2) is 0 Å². The average Bonchev–Trinajstić information content (AvgIpc) is 2.59. The van der Waals surface area contributed by atoms with Crippen LogP contribution >= 0.6 is 0 Å². The van der Waals surface area contributed by atoms with Crippen molar-refractivity contribution >= 4 is 11.9 Å². The Bertz CT molecular complexity index is 530. The Balaban J connectivity index is 2.38. The zero-order valence-electron chi connectivity index (χ0n) is 11.6. The highest BCUT2D eigenvalue weighted by Gasteiger charge is 2.36. The number of carbonyl (C=O) groups is 2. The van der Waals surface area contributed by atoms with E-state index in [4.69, 9.17) is 0 Å². The third kappa shape index (κ3) is 3.20. The van der Waals surface area contributed by atoms with Gasteiger partial charge in [-0.3, -0.25) is 9.59 Å². The molecule has 0 aliphatic carbocycles. The van der Waals surface area contributed by atoms with Crippen molar-refractivity contribution in [2.45, 2.75) is 31.7 Å². The highest BCUT2D eigenvalue weighted by Crippen LogP contribution is 2.35. The van der Waals surface area contributed by atoms with Crippen LogP contribution < -0.4 is 0 Å². The van der Waals surface area contributed by atoms with E-state index in [9.17, 15) is 23.5 Å². The molecular weight excluding hydrogens is 280 g/mol. The fourth-order valence-electron chi connectivity index (χ4n) is 2.79. The molecule has 1 aliphatic heterocycles. The number of alkyl halides is 2. The monoisotopic (exact) mass is 297 g/mol. The molecule has 0 radical (unpaired) electrons. The maximum Gasteiger partial charge on any atom is 0.308 e. The fraction of sp³-hybridized carbons (Fsp3) is 0.467. The maximum atomic E-state index is 12.6. The van der Waals surface area contributed by atoms with Gasteiger partial charge in [-0.15, -0.1) is 0 Å². The van der Waals surface area contributed by atoms with Crippen LogP contribution in [0.2, 0.25) is 0 Å². The molecule has 1 aromatic carbocycles. The van der Waals surface area contributed by atoms with Gasteiger partial charge in [0.05, 0.1) is 12.0 Å². The number of amides is 1. The van der Waals surface area contributed by atoms with Gasteiger partial charge < -0.3 is 10.0 Å². The molecule has 2 atom stereocenters. The summed E-state index contributed by atoms with van der Waals surface area (Å²) in [6.45, 7) is 0. The lowest BCUT2D eigenvalue weighted by molar-refractivity contribution is -0.145. The SMILES string of the molecule is CN1C(=O)CCCC(C(=O)O)C1c1ccc(C(F)F)cc1. The third-order valence-corrected chi connectivity index (χ3v) is 3.94. The van der Waals surface area contributed by atoms with E-state index in [2.05, 4.69) is 0 Å². The molecule has 0 aromatic heterocycles. The second-order valence-electron chi connectivity index (χ2n) is 5.25. The zero-order valence-corrected chi connectivity index (χ0v) is 11.6. The molecule has 2 rings (SSSR count). The lowest BCUT2D eigenvalue weighted by atomic mass is 9.89. The van der Waals surface area contributed by atoms with Crippen LogP contribution in [0.15, 0.2) is 24.3 Å². The lowest BCUT2D eigenvalue weighted by Crippen LogP contribution is -2.36. The Morgan fingerprint density at radius 1 is 1.33 bits per heavy atom. The predicted molar refractivity (Wildman–Crippen MR) is 71.9 cm³/mol. The number of nitrogens with zero attached hydrogens (tertiary/aromatic N) is 1. The Labute approximate surface area is 121 Å². The summed E-state index contributed by atoms with van der Waals surface area (Å²) < 4.78 is 25.2. The van der Waals surface area contributed by atoms with E-state index in [1.165, 1.54) is 29.2 Å². The summed E-state index contributed by atoms with van der Waals surface area (Å²) in [4.78, 5) is 24.8. The third-order valence-electron chi connectivity index (χ3n) is 3.94. The van der Waals surface area contributed by atoms with Crippen LogP contribution in [-0.2, 0) is 9.59 Å². The molecule has 0 bridgehead atoms. The van der Waals surface area contributed by atoms with Crippen molar-refractivity contribution < 1.29 is 23.5 Å². The van der Waals surface area contributed by atoms with E-state index in [1.807, 2.05) is 0 Å². The fourth-order valence-corrected chi connectivity index (χ4v) is 2.79. The Morgan fingerprint density at radius 2 is 1.95 bits per heavy atom. The van der Waals surface area contributed by atoms with Crippen LogP contribution in [0.5, 0.6) is 0 Å². The first-order valence-corrected chi connectivity index (χ1v) is 6.78. The Morgan fingerprint density at radius 3 is 2.48 bits per heavy atom. The minimum absolute atomic E-state index is 0.117. The van der Waals surface area contributed by atoms with Gasteiger partial charge in [-0.1, -0.05) is 24.3 Å². The van der Waals surface area contributed by atoms with Gasteiger partial charge in [0.25, 0.3) is 6.43 Å². The van der Waals surface area contributed by atoms with E-state index in [1.54, 1.807) is 7.05 Å². The molecule has 6 heteroatoms. The molecule has 1 N–H and O–H groups in total. The van der Waals surface area contributed by atoms with Crippen LogP contribution in [-0.4, -0.2) is 28.9 Å². The standard InChI is InChI=1S/C15H17F2NO3/c1-18-12(19)4-2-3-11(15(20)21)13(18)9-5-7-10(8-6-9)14(16)17/h5-8,11,13-14H,2-4H2,1H3,(H,20,21). The molecule has 21 heavy (non-hydrogen) atoms. The summed E-state index contributed by atoms with van der Waals surface area (Å²) >= 11 is 0. The molecule has 114 valence electrons. The van der Waals surface area contributed by atoms with Crippen LogP contribution in [0.4, 0.5) is 8.78 Å². The number of halogens is 2. The number of carbonyl (C=O) groups excluding carboxylic acids is 1. The van der Waals surface area contributed by atoms with E-state index < -0.39 is 24.4 Å². The van der Waals surface area contributed by atoms with Gasteiger partial charge in [0.1, 0.15) is 0 Å². The Hall–Kier alpha value is -1.98. The maximum absolute atomic E-state index is 12.6. The summed E-state index contributed by atoms with van der Waals surface area (Å²) in [5.74, 6) is -1.82. The largest absolute Gasteiger partial charge is 0.481 e. The van der Waals surface area contributed by atoms with Crippen molar-refractivity contribution in [1.82, 2.24) is 4.90 Å². The summed E-state index contributed by atoms with van der Waals surface area (Å²) in [6, 6.07) is 4.91. The summed E-state index contributed by atoms with van der Waals surface area (Å²) in [5, 5.41) is 9.38. The summed E-state index contributed by atoms with van der Waals surface area (Å²) in [6.07, 6.45) is -1.34. The number of carboxylic acids is 1. The van der Waals surface area contributed by atoms with Crippen molar-refractivity contribution in [3.05, 3.63) is 35.4 Å². The van der Waals surface area contributed by atoms with E-state index in [0.29, 0.717) is 24.8 Å². The molecule has 1 aromatic rings. The second-order valence-corrected chi connectivity index (χ2v) is 5.25. The number of hydrogen-bond donors (Lipinski definition) is 1. The first-order valence-electron chi connectivity index (χ1n) is 6.78. The number of likely N-dealkylation sites (tertiary alicyclic amines) is 1. The van der Waals surface area contributed by atoms with Gasteiger partial charge in [0.2, 0.25) is 5.91 Å². The van der Waals surface area contributed by atoms with Crippen LogP contribution in [0.1, 0.15) is 42.9 Å². The molecule has 1 heterocycles. The predicted octanol–water partition coefficient (Wildman–Crippen LogP) is 3.01. The number of benzene rings is 1. The number of carboxylic acid groups (broad SMARTS) is 1. The lowest BCUT2D eigenvalue weighted by Gasteiger charge is -2.30. The molecule has 0 spiro atoms. The Kier molecular flexibility index (Phi) is 4.55. The van der Waals surface area contributed by atoms with Crippen molar-refractivity contribution in [2.24, 2.45) is 5.92 Å². The smallest absolute Gasteiger partial charge is 0.308 e. The van der Waals surface area contributed by atoms with Gasteiger partial charge in [-0.2, -0.15) is 0 Å². The zero-order chi connectivity index (χ0) is 15.6. The van der Waals surface area contributed by atoms with E-state index >= 15 is 0 Å².